The second-order valence-electron chi connectivity index (χ2n) is 5.18. The third kappa shape index (κ3) is 2.43. The van der Waals surface area contributed by atoms with Gasteiger partial charge in [-0.1, -0.05) is 20.8 Å². The molecule has 0 aromatic carbocycles. The standard InChI is InChI=1S/C11H17N3S/c1-11(2,3)4-9-13-8-6-15-5-7(8)10(12)14-9/h4-6H2,1-3H3,(H2,12,13,14). The summed E-state index contributed by atoms with van der Waals surface area (Å²) in [6.45, 7) is 6.57. The molecule has 2 N–H and O–H groups in total. The molecule has 0 unspecified atom stereocenters. The Labute approximate surface area is 94.9 Å². The van der Waals surface area contributed by atoms with Crippen LogP contribution in [0.25, 0.3) is 0 Å². The van der Waals surface area contributed by atoms with Crippen LogP contribution >= 0.6 is 11.8 Å². The fraction of sp³-hybridized carbons (Fsp3) is 0.636. The third-order valence-corrected chi connectivity index (χ3v) is 3.32. The molecular formula is C11H17N3S. The van der Waals surface area contributed by atoms with Gasteiger partial charge in [-0.3, -0.25) is 0 Å². The highest BCUT2D eigenvalue weighted by Gasteiger charge is 2.20. The van der Waals surface area contributed by atoms with Gasteiger partial charge in [0.25, 0.3) is 0 Å². The minimum atomic E-state index is 0.215. The summed E-state index contributed by atoms with van der Waals surface area (Å²) >= 11 is 1.86. The topological polar surface area (TPSA) is 51.8 Å². The van der Waals surface area contributed by atoms with Gasteiger partial charge < -0.3 is 5.73 Å². The van der Waals surface area contributed by atoms with Gasteiger partial charge in [0.1, 0.15) is 11.6 Å². The molecule has 0 aliphatic carbocycles. The van der Waals surface area contributed by atoms with Crippen LogP contribution in [0.3, 0.4) is 0 Å². The molecule has 1 aromatic rings. The Bertz CT molecular complexity index is 382. The van der Waals surface area contributed by atoms with Gasteiger partial charge in [0.2, 0.25) is 0 Å². The zero-order chi connectivity index (χ0) is 11.1. The molecule has 4 heteroatoms. The summed E-state index contributed by atoms with van der Waals surface area (Å²) in [5, 5.41) is 0. The van der Waals surface area contributed by atoms with E-state index < -0.39 is 0 Å². The van der Waals surface area contributed by atoms with Crippen molar-refractivity contribution >= 4 is 17.6 Å². The monoisotopic (exact) mass is 223 g/mol. The number of fused-ring (bicyclic) bond motifs is 1. The van der Waals surface area contributed by atoms with Crippen LogP contribution in [-0.4, -0.2) is 9.97 Å². The predicted molar refractivity (Wildman–Crippen MR) is 64.6 cm³/mol. The fourth-order valence-electron chi connectivity index (χ4n) is 1.68. The Kier molecular flexibility index (Phi) is 2.63. The van der Waals surface area contributed by atoms with Crippen molar-refractivity contribution in [3.05, 3.63) is 17.1 Å². The number of hydrogen-bond acceptors (Lipinski definition) is 4. The first kappa shape index (κ1) is 10.7. The first-order valence-electron chi connectivity index (χ1n) is 5.17. The maximum Gasteiger partial charge on any atom is 0.131 e. The molecule has 0 bridgehead atoms. The Balaban J connectivity index is 2.32. The zero-order valence-electron chi connectivity index (χ0n) is 9.50. The summed E-state index contributed by atoms with van der Waals surface area (Å²) in [6, 6.07) is 0. The number of nitrogen functional groups attached to an aromatic ring is 1. The first-order chi connectivity index (χ1) is 6.96. The number of anilines is 1. The summed E-state index contributed by atoms with van der Waals surface area (Å²) in [4.78, 5) is 8.97. The maximum absolute atomic E-state index is 5.93. The molecule has 3 nitrogen and oxygen atoms in total. The average Bonchev–Trinajstić information content (AvgIpc) is 2.48. The van der Waals surface area contributed by atoms with E-state index in [0.29, 0.717) is 5.82 Å². The van der Waals surface area contributed by atoms with E-state index >= 15 is 0 Å². The minimum absolute atomic E-state index is 0.215. The van der Waals surface area contributed by atoms with Gasteiger partial charge in [0.05, 0.1) is 5.69 Å². The smallest absolute Gasteiger partial charge is 0.131 e. The summed E-state index contributed by atoms with van der Waals surface area (Å²) in [5.74, 6) is 3.53. The van der Waals surface area contributed by atoms with E-state index in [9.17, 15) is 0 Å². The van der Waals surface area contributed by atoms with Crippen LogP contribution < -0.4 is 5.73 Å². The highest BCUT2D eigenvalue weighted by Crippen LogP contribution is 2.32. The number of hydrogen-bond donors (Lipinski definition) is 1. The van der Waals surface area contributed by atoms with Crippen LogP contribution in [0.15, 0.2) is 0 Å². The van der Waals surface area contributed by atoms with E-state index in [4.69, 9.17) is 5.73 Å². The first-order valence-corrected chi connectivity index (χ1v) is 6.33. The predicted octanol–water partition coefficient (Wildman–Crippen LogP) is 2.39. The van der Waals surface area contributed by atoms with Gasteiger partial charge >= 0.3 is 0 Å². The highest BCUT2D eigenvalue weighted by atomic mass is 32.2. The van der Waals surface area contributed by atoms with Crippen molar-refractivity contribution in [1.82, 2.24) is 9.97 Å². The number of nitrogens with zero attached hydrogens (tertiary/aromatic N) is 2. The second-order valence-corrected chi connectivity index (χ2v) is 6.17. The van der Waals surface area contributed by atoms with Gasteiger partial charge in [0, 0.05) is 23.5 Å². The van der Waals surface area contributed by atoms with Crippen LogP contribution in [-0.2, 0) is 17.9 Å². The Morgan fingerprint density at radius 2 is 2.00 bits per heavy atom. The van der Waals surface area contributed by atoms with E-state index in [-0.39, 0.29) is 5.41 Å². The molecule has 0 atom stereocenters. The van der Waals surface area contributed by atoms with E-state index in [1.54, 1.807) is 0 Å². The summed E-state index contributed by atoms with van der Waals surface area (Å²) < 4.78 is 0. The quantitative estimate of drug-likeness (QED) is 0.794. The van der Waals surface area contributed by atoms with E-state index in [2.05, 4.69) is 30.7 Å². The maximum atomic E-state index is 5.93. The molecular weight excluding hydrogens is 206 g/mol. The summed E-state index contributed by atoms with van der Waals surface area (Å²) in [6.07, 6.45) is 0.884. The van der Waals surface area contributed by atoms with Crippen LogP contribution in [0.4, 0.5) is 5.82 Å². The molecule has 2 rings (SSSR count). The summed E-state index contributed by atoms with van der Waals surface area (Å²) in [7, 11) is 0. The molecule has 0 saturated heterocycles. The highest BCUT2D eigenvalue weighted by molar-refractivity contribution is 7.98. The fourth-order valence-corrected chi connectivity index (χ4v) is 2.74. The van der Waals surface area contributed by atoms with Crippen LogP contribution in [0, 0.1) is 5.41 Å². The van der Waals surface area contributed by atoms with Crippen molar-refractivity contribution < 1.29 is 0 Å². The van der Waals surface area contributed by atoms with Gasteiger partial charge in [-0.2, -0.15) is 11.8 Å². The molecule has 1 aliphatic heterocycles. The molecule has 0 amide bonds. The average molecular weight is 223 g/mol. The van der Waals surface area contributed by atoms with E-state index in [1.165, 1.54) is 0 Å². The molecule has 0 saturated carbocycles. The zero-order valence-corrected chi connectivity index (χ0v) is 10.3. The molecule has 82 valence electrons. The molecule has 2 heterocycles. The lowest BCUT2D eigenvalue weighted by molar-refractivity contribution is 0.400. The number of rotatable bonds is 1. The number of thioether (sulfide) groups is 1. The van der Waals surface area contributed by atoms with Gasteiger partial charge in [0.15, 0.2) is 0 Å². The van der Waals surface area contributed by atoms with E-state index in [0.717, 1.165) is 35.0 Å². The molecule has 0 spiro atoms. The molecule has 1 aromatic heterocycles. The largest absolute Gasteiger partial charge is 0.383 e. The SMILES string of the molecule is CC(C)(C)Cc1nc(N)c2c(n1)CSC2. The Morgan fingerprint density at radius 1 is 1.27 bits per heavy atom. The van der Waals surface area contributed by atoms with Crippen molar-refractivity contribution in [3.8, 4) is 0 Å². The lowest BCUT2D eigenvalue weighted by Gasteiger charge is -2.17. The van der Waals surface area contributed by atoms with Crippen LogP contribution in [0.2, 0.25) is 0 Å². The molecule has 0 radical (unpaired) electrons. The number of aromatic nitrogens is 2. The Hall–Kier alpha value is -0.770. The second kappa shape index (κ2) is 3.67. The van der Waals surface area contributed by atoms with Gasteiger partial charge in [-0.05, 0) is 5.41 Å². The normalized spacial score (nSPS) is 15.4. The van der Waals surface area contributed by atoms with Crippen LogP contribution in [0.5, 0.6) is 0 Å². The minimum Gasteiger partial charge on any atom is -0.383 e. The Morgan fingerprint density at radius 3 is 2.67 bits per heavy atom. The van der Waals surface area contributed by atoms with Gasteiger partial charge in [-0.15, -0.1) is 0 Å². The van der Waals surface area contributed by atoms with Crippen molar-refractivity contribution in [2.45, 2.75) is 38.7 Å². The third-order valence-electron chi connectivity index (χ3n) is 2.34. The van der Waals surface area contributed by atoms with Crippen molar-refractivity contribution in [1.29, 1.82) is 0 Å². The molecule has 0 fully saturated rings. The lowest BCUT2D eigenvalue weighted by Crippen LogP contribution is -2.14. The van der Waals surface area contributed by atoms with Crippen LogP contribution in [0.1, 0.15) is 37.9 Å². The number of nitrogens with two attached hydrogens (primary N) is 1. The molecule has 1 aliphatic rings. The lowest BCUT2D eigenvalue weighted by atomic mass is 9.92. The van der Waals surface area contributed by atoms with Crippen molar-refractivity contribution in [2.24, 2.45) is 5.41 Å². The van der Waals surface area contributed by atoms with Crippen molar-refractivity contribution in [3.63, 3.8) is 0 Å². The van der Waals surface area contributed by atoms with Crippen molar-refractivity contribution in [2.75, 3.05) is 5.73 Å². The van der Waals surface area contributed by atoms with Gasteiger partial charge in [-0.25, -0.2) is 9.97 Å². The molecule has 15 heavy (non-hydrogen) atoms. The van der Waals surface area contributed by atoms with E-state index in [1.807, 2.05) is 11.8 Å². The summed E-state index contributed by atoms with van der Waals surface area (Å²) in [5.41, 5.74) is 8.44.